The summed E-state index contributed by atoms with van der Waals surface area (Å²) in [6.07, 6.45) is 36.9. The zero-order valence-corrected chi connectivity index (χ0v) is 31.0. The van der Waals surface area contributed by atoms with Crippen LogP contribution in [0.5, 0.6) is 0 Å². The van der Waals surface area contributed by atoms with Gasteiger partial charge in [-0.3, -0.25) is 9.52 Å². The van der Waals surface area contributed by atoms with Crippen molar-refractivity contribution in [2.45, 2.75) is 218 Å². The molecule has 4 nitrogen and oxygen atoms in total. The van der Waals surface area contributed by atoms with Gasteiger partial charge >= 0.3 is 5.97 Å². The molecule has 0 unspecified atom stereocenters. The van der Waals surface area contributed by atoms with Crippen LogP contribution in [0.2, 0.25) is 0 Å². The molecule has 1 N–H and O–H groups in total. The number of hydrogen-bond acceptors (Lipinski definition) is 5. The maximum atomic E-state index is 12.7. The molecule has 1 fully saturated rings. The lowest BCUT2D eigenvalue weighted by Crippen LogP contribution is -2.29. The van der Waals surface area contributed by atoms with Crippen LogP contribution in [-0.2, 0) is 9.53 Å². The Hall–Kier alpha value is -0.260. The summed E-state index contributed by atoms with van der Waals surface area (Å²) >= 11 is 1.97. The second kappa shape index (κ2) is 32.7. The Morgan fingerprint density at radius 3 is 1.55 bits per heavy atom. The van der Waals surface area contributed by atoms with Crippen LogP contribution in [0.1, 0.15) is 207 Å². The summed E-state index contributed by atoms with van der Waals surface area (Å²) in [5.74, 6) is 0.0607. The van der Waals surface area contributed by atoms with Crippen LogP contribution in [0, 0.1) is 0 Å². The number of nitrogens with one attached hydrogen (secondary N) is 1. The van der Waals surface area contributed by atoms with Crippen LogP contribution in [0.4, 0.5) is 0 Å². The molecule has 0 bridgehead atoms. The zero-order chi connectivity index (χ0) is 31.8. The molecular formula is C39H78N2O2S. The van der Waals surface area contributed by atoms with Gasteiger partial charge in [0, 0.05) is 18.2 Å². The average Bonchev–Trinajstić information content (AvgIpc) is 3.85. The first-order valence-corrected chi connectivity index (χ1v) is 20.9. The van der Waals surface area contributed by atoms with Gasteiger partial charge in [-0.05, 0) is 83.8 Å². The highest BCUT2D eigenvalue weighted by atomic mass is 32.2. The van der Waals surface area contributed by atoms with Crippen LogP contribution in [-0.4, -0.2) is 48.4 Å². The van der Waals surface area contributed by atoms with E-state index in [1.54, 1.807) is 0 Å². The van der Waals surface area contributed by atoms with Crippen LogP contribution < -0.4 is 4.72 Å². The molecule has 0 atom stereocenters. The van der Waals surface area contributed by atoms with Gasteiger partial charge in [-0.25, -0.2) is 0 Å². The summed E-state index contributed by atoms with van der Waals surface area (Å²) < 4.78 is 9.65. The number of ether oxygens (including phenoxy) is 1. The van der Waals surface area contributed by atoms with Crippen molar-refractivity contribution in [3.05, 3.63) is 0 Å². The maximum absolute atomic E-state index is 12.7. The lowest BCUT2D eigenvalue weighted by molar-refractivity contribution is -0.150. The quantitative estimate of drug-likeness (QED) is 0.0420. The monoisotopic (exact) mass is 639 g/mol. The van der Waals surface area contributed by atoms with Crippen molar-refractivity contribution >= 4 is 17.9 Å². The highest BCUT2D eigenvalue weighted by Crippen LogP contribution is 2.31. The first-order valence-electron chi connectivity index (χ1n) is 20.0. The summed E-state index contributed by atoms with van der Waals surface area (Å²) in [4.78, 5) is 15.4. The lowest BCUT2D eigenvalue weighted by atomic mass is 10.0. The molecule has 1 saturated carbocycles. The molecular weight excluding hydrogens is 561 g/mol. The minimum Gasteiger partial charge on any atom is -0.462 e. The minimum atomic E-state index is 0.0607. The average molecular weight is 639 g/mol. The number of unbranched alkanes of at least 4 members (excludes halogenated alkanes) is 19. The highest BCUT2D eigenvalue weighted by Gasteiger charge is 2.21. The van der Waals surface area contributed by atoms with Crippen molar-refractivity contribution in [3.63, 3.8) is 0 Å². The van der Waals surface area contributed by atoms with Crippen molar-refractivity contribution in [2.24, 2.45) is 0 Å². The van der Waals surface area contributed by atoms with Gasteiger partial charge in [-0.1, -0.05) is 148 Å². The SMILES string of the molecule is CCCCCCCCC(CCCCCCCC)OC(=O)CCCCCCCN(CCCCCCCC)CCCNSC1CC1. The van der Waals surface area contributed by atoms with E-state index in [-0.39, 0.29) is 12.1 Å². The van der Waals surface area contributed by atoms with Crippen molar-refractivity contribution in [3.8, 4) is 0 Å². The number of hydrogen-bond donors (Lipinski definition) is 1. The molecule has 0 aromatic rings. The van der Waals surface area contributed by atoms with Gasteiger partial charge in [-0.15, -0.1) is 0 Å². The summed E-state index contributed by atoms with van der Waals surface area (Å²) in [5.41, 5.74) is 0. The number of nitrogens with zero attached hydrogens (tertiary/aromatic N) is 1. The zero-order valence-electron chi connectivity index (χ0n) is 30.2. The molecule has 0 heterocycles. The molecule has 0 saturated heterocycles. The Morgan fingerprint density at radius 2 is 1.05 bits per heavy atom. The third-order valence-corrected chi connectivity index (χ3v) is 10.4. The molecule has 1 rings (SSSR count). The van der Waals surface area contributed by atoms with Gasteiger partial charge < -0.3 is 9.64 Å². The van der Waals surface area contributed by atoms with Crippen molar-refractivity contribution < 1.29 is 9.53 Å². The van der Waals surface area contributed by atoms with Gasteiger partial charge in [-0.2, -0.15) is 0 Å². The Balaban J connectivity index is 2.21. The number of carbonyl (C=O) groups excluding carboxylic acids is 1. The van der Waals surface area contributed by atoms with E-state index in [1.807, 2.05) is 11.9 Å². The maximum Gasteiger partial charge on any atom is 0.306 e. The van der Waals surface area contributed by atoms with E-state index in [0.29, 0.717) is 6.42 Å². The summed E-state index contributed by atoms with van der Waals surface area (Å²) in [7, 11) is 0. The first-order chi connectivity index (χ1) is 21.7. The molecule has 0 radical (unpaired) electrons. The Bertz CT molecular complexity index is 585. The molecule has 0 aromatic heterocycles. The molecule has 0 aromatic carbocycles. The van der Waals surface area contributed by atoms with E-state index < -0.39 is 0 Å². The van der Waals surface area contributed by atoms with E-state index in [0.717, 1.165) is 37.5 Å². The molecule has 1 aliphatic carbocycles. The van der Waals surface area contributed by atoms with Gasteiger partial charge in [0.2, 0.25) is 0 Å². The standard InChI is InChI=1S/C39H78N2O2S/c1-4-7-10-13-17-22-28-37(29-23-18-14-11-8-5-2)43-39(42)30-24-19-16-21-26-35-41(34-25-20-15-12-9-6-3)36-27-33-40-44-38-31-32-38/h37-38,40H,4-36H2,1-3H3. The van der Waals surface area contributed by atoms with Crippen LogP contribution in [0.3, 0.4) is 0 Å². The third kappa shape index (κ3) is 29.2. The van der Waals surface area contributed by atoms with E-state index in [1.165, 1.54) is 174 Å². The topological polar surface area (TPSA) is 41.6 Å². The van der Waals surface area contributed by atoms with Crippen LogP contribution >= 0.6 is 11.9 Å². The fraction of sp³-hybridized carbons (Fsp3) is 0.974. The first kappa shape index (κ1) is 41.8. The molecule has 0 spiro atoms. The Kier molecular flexibility index (Phi) is 31.0. The second-order valence-corrected chi connectivity index (χ2v) is 15.1. The third-order valence-electron chi connectivity index (χ3n) is 9.27. The van der Waals surface area contributed by atoms with Gasteiger partial charge in [0.15, 0.2) is 0 Å². The molecule has 44 heavy (non-hydrogen) atoms. The molecule has 0 aliphatic heterocycles. The van der Waals surface area contributed by atoms with E-state index in [4.69, 9.17) is 4.74 Å². The van der Waals surface area contributed by atoms with E-state index in [9.17, 15) is 4.79 Å². The lowest BCUT2D eigenvalue weighted by Gasteiger charge is -2.22. The van der Waals surface area contributed by atoms with Gasteiger partial charge in [0.05, 0.1) is 0 Å². The van der Waals surface area contributed by atoms with Crippen molar-refractivity contribution in [2.75, 3.05) is 26.2 Å². The number of esters is 1. The molecule has 262 valence electrons. The minimum absolute atomic E-state index is 0.0607. The van der Waals surface area contributed by atoms with Gasteiger partial charge in [0.1, 0.15) is 6.10 Å². The smallest absolute Gasteiger partial charge is 0.306 e. The van der Waals surface area contributed by atoms with E-state index in [2.05, 4.69) is 30.4 Å². The van der Waals surface area contributed by atoms with E-state index >= 15 is 0 Å². The summed E-state index contributed by atoms with van der Waals surface area (Å²) in [6.45, 7) is 11.7. The largest absolute Gasteiger partial charge is 0.462 e. The number of rotatable bonds is 36. The predicted octanol–water partition coefficient (Wildman–Crippen LogP) is 12.2. The van der Waals surface area contributed by atoms with Crippen molar-refractivity contribution in [1.29, 1.82) is 0 Å². The molecule has 5 heteroatoms. The predicted molar refractivity (Wildman–Crippen MR) is 197 cm³/mol. The number of carbonyl (C=O) groups is 1. The highest BCUT2D eigenvalue weighted by molar-refractivity contribution is 7.98. The Labute approximate surface area is 280 Å². The molecule has 0 amide bonds. The second-order valence-electron chi connectivity index (χ2n) is 13.9. The fourth-order valence-electron chi connectivity index (χ4n) is 6.14. The normalized spacial score (nSPS) is 13.4. The van der Waals surface area contributed by atoms with Crippen LogP contribution in [0.25, 0.3) is 0 Å². The van der Waals surface area contributed by atoms with Crippen LogP contribution in [0.15, 0.2) is 0 Å². The Morgan fingerprint density at radius 1 is 0.614 bits per heavy atom. The molecule has 1 aliphatic rings. The van der Waals surface area contributed by atoms with Crippen molar-refractivity contribution in [1.82, 2.24) is 9.62 Å². The van der Waals surface area contributed by atoms with Gasteiger partial charge in [0.25, 0.3) is 0 Å². The fourth-order valence-corrected chi connectivity index (χ4v) is 7.01. The summed E-state index contributed by atoms with van der Waals surface area (Å²) in [5, 5.41) is 0.896. The summed E-state index contributed by atoms with van der Waals surface area (Å²) in [6, 6.07) is 0.